The summed E-state index contributed by atoms with van der Waals surface area (Å²) in [7, 11) is 1.68. The van der Waals surface area contributed by atoms with Gasteiger partial charge in [-0.2, -0.15) is 0 Å². The van der Waals surface area contributed by atoms with Gasteiger partial charge in [0.15, 0.2) is 5.43 Å². The zero-order valence-corrected chi connectivity index (χ0v) is 13.1. The third-order valence-electron chi connectivity index (χ3n) is 3.99. The Hall–Kier alpha value is -2.60. The lowest BCUT2D eigenvalue weighted by molar-refractivity contribution is 0.584. The number of nitrogens with two attached hydrogens (primary N) is 1. The van der Waals surface area contributed by atoms with Crippen molar-refractivity contribution in [2.75, 3.05) is 0 Å². The van der Waals surface area contributed by atoms with Crippen LogP contribution >= 0.6 is 0 Å². The van der Waals surface area contributed by atoms with Crippen molar-refractivity contribution in [2.45, 2.75) is 13.0 Å². The second-order valence-electron chi connectivity index (χ2n) is 5.76. The van der Waals surface area contributed by atoms with Gasteiger partial charge in [-0.1, -0.05) is 0 Å². The lowest BCUT2D eigenvalue weighted by Crippen LogP contribution is -2.22. The van der Waals surface area contributed by atoms with Gasteiger partial charge >= 0.3 is 0 Å². The first-order valence-electron chi connectivity index (χ1n) is 7.33. The molecule has 0 spiro atoms. The van der Waals surface area contributed by atoms with Crippen molar-refractivity contribution in [1.82, 2.24) is 4.57 Å². The van der Waals surface area contributed by atoms with E-state index in [1.807, 2.05) is 0 Å². The van der Waals surface area contributed by atoms with Crippen LogP contribution in [0.4, 0.5) is 13.2 Å². The minimum absolute atomic E-state index is 0.0731. The fourth-order valence-corrected chi connectivity index (χ4v) is 3.04. The van der Waals surface area contributed by atoms with Crippen LogP contribution in [0.2, 0.25) is 0 Å². The summed E-state index contributed by atoms with van der Waals surface area (Å²) in [6.45, 7) is 1.67. The molecule has 24 heavy (non-hydrogen) atoms. The molecule has 0 amide bonds. The smallest absolute Gasteiger partial charge is 0.197 e. The number of hydrogen-bond donors (Lipinski definition) is 1. The van der Waals surface area contributed by atoms with Crippen LogP contribution < -0.4 is 11.2 Å². The van der Waals surface area contributed by atoms with Crippen LogP contribution in [0.5, 0.6) is 0 Å². The highest BCUT2D eigenvalue weighted by molar-refractivity contribution is 5.85. The van der Waals surface area contributed by atoms with Gasteiger partial charge in [-0.15, -0.1) is 0 Å². The van der Waals surface area contributed by atoms with Crippen LogP contribution in [-0.2, 0) is 7.05 Å². The van der Waals surface area contributed by atoms with E-state index in [0.717, 1.165) is 24.3 Å². The van der Waals surface area contributed by atoms with Crippen LogP contribution in [0.3, 0.4) is 0 Å². The first kappa shape index (κ1) is 16.3. The van der Waals surface area contributed by atoms with Crippen LogP contribution in [0.1, 0.15) is 18.7 Å². The predicted octanol–water partition coefficient (Wildman–Crippen LogP) is 3.64. The SMILES string of the molecule is CC(N)c1c(-c2cc(F)cc(F)c2)c(=O)c2cc(F)ccc2n1C. The maximum atomic E-state index is 13.6. The Labute approximate surface area is 136 Å². The lowest BCUT2D eigenvalue weighted by Gasteiger charge is -2.20. The molecule has 3 rings (SSSR count). The predicted molar refractivity (Wildman–Crippen MR) is 87.1 cm³/mol. The van der Waals surface area contributed by atoms with Crippen molar-refractivity contribution in [3.05, 3.63) is 69.8 Å². The summed E-state index contributed by atoms with van der Waals surface area (Å²) in [5.41, 5.74) is 6.55. The number of hydrogen-bond acceptors (Lipinski definition) is 2. The Morgan fingerprint density at radius 1 is 1.00 bits per heavy atom. The molecule has 124 valence electrons. The Morgan fingerprint density at radius 3 is 2.21 bits per heavy atom. The molecule has 0 bridgehead atoms. The molecule has 0 aliphatic heterocycles. The Morgan fingerprint density at radius 2 is 1.62 bits per heavy atom. The zero-order valence-electron chi connectivity index (χ0n) is 13.1. The van der Waals surface area contributed by atoms with E-state index in [4.69, 9.17) is 5.73 Å². The maximum absolute atomic E-state index is 13.6. The molecule has 1 atom stereocenters. The molecular formula is C18H15F3N2O. The highest BCUT2D eigenvalue weighted by Crippen LogP contribution is 2.29. The van der Waals surface area contributed by atoms with Gasteiger partial charge in [-0.05, 0) is 42.8 Å². The van der Waals surface area contributed by atoms with Crippen LogP contribution in [0.25, 0.3) is 22.0 Å². The Bertz CT molecular complexity index is 989. The van der Waals surface area contributed by atoms with E-state index in [1.54, 1.807) is 18.5 Å². The summed E-state index contributed by atoms with van der Waals surface area (Å²) in [5, 5.41) is 0.126. The third kappa shape index (κ3) is 2.59. The topological polar surface area (TPSA) is 48.0 Å². The molecule has 0 fully saturated rings. The van der Waals surface area contributed by atoms with Crippen molar-refractivity contribution in [3.8, 4) is 11.1 Å². The molecular weight excluding hydrogens is 317 g/mol. The number of fused-ring (bicyclic) bond motifs is 1. The lowest BCUT2D eigenvalue weighted by atomic mass is 9.97. The number of aromatic nitrogens is 1. The zero-order chi connectivity index (χ0) is 17.6. The van der Waals surface area contributed by atoms with Gasteiger partial charge < -0.3 is 10.3 Å². The van der Waals surface area contributed by atoms with Crippen molar-refractivity contribution < 1.29 is 13.2 Å². The minimum Gasteiger partial charge on any atom is -0.345 e. The maximum Gasteiger partial charge on any atom is 0.197 e. The fourth-order valence-electron chi connectivity index (χ4n) is 3.04. The van der Waals surface area contributed by atoms with Gasteiger partial charge in [-0.3, -0.25) is 4.79 Å². The Kier molecular flexibility index (Phi) is 3.93. The molecule has 0 radical (unpaired) electrons. The summed E-state index contributed by atoms with van der Waals surface area (Å²) in [4.78, 5) is 12.9. The number of pyridine rings is 1. The molecule has 6 heteroatoms. The Balaban J connectivity index is 2.52. The van der Waals surface area contributed by atoms with Gasteiger partial charge in [0, 0.05) is 30.2 Å². The normalized spacial score (nSPS) is 12.6. The molecule has 1 aromatic heterocycles. The molecule has 0 saturated carbocycles. The van der Waals surface area contributed by atoms with E-state index < -0.39 is 28.9 Å². The van der Waals surface area contributed by atoms with Gasteiger partial charge in [0.1, 0.15) is 17.5 Å². The number of halogens is 3. The molecule has 1 unspecified atom stereocenters. The van der Waals surface area contributed by atoms with Gasteiger partial charge in [-0.25, -0.2) is 13.2 Å². The number of benzene rings is 2. The molecule has 0 saturated heterocycles. The van der Waals surface area contributed by atoms with Crippen LogP contribution in [0, 0.1) is 17.5 Å². The average Bonchev–Trinajstić information content (AvgIpc) is 2.49. The monoisotopic (exact) mass is 332 g/mol. The van der Waals surface area contributed by atoms with Crippen molar-refractivity contribution >= 4 is 10.9 Å². The van der Waals surface area contributed by atoms with E-state index >= 15 is 0 Å². The summed E-state index contributed by atoms with van der Waals surface area (Å²) >= 11 is 0. The highest BCUT2D eigenvalue weighted by atomic mass is 19.1. The number of aryl methyl sites for hydroxylation is 1. The molecule has 3 nitrogen and oxygen atoms in total. The largest absolute Gasteiger partial charge is 0.345 e. The summed E-state index contributed by atoms with van der Waals surface area (Å²) in [6.07, 6.45) is 0. The van der Waals surface area contributed by atoms with E-state index in [2.05, 4.69) is 0 Å². The molecule has 0 aliphatic carbocycles. The van der Waals surface area contributed by atoms with Gasteiger partial charge in [0.2, 0.25) is 0 Å². The summed E-state index contributed by atoms with van der Waals surface area (Å²) in [5.74, 6) is -2.17. The second-order valence-corrected chi connectivity index (χ2v) is 5.76. The quantitative estimate of drug-likeness (QED) is 0.779. The number of rotatable bonds is 2. The van der Waals surface area contributed by atoms with E-state index in [9.17, 15) is 18.0 Å². The van der Waals surface area contributed by atoms with E-state index in [-0.39, 0.29) is 16.5 Å². The highest BCUT2D eigenvalue weighted by Gasteiger charge is 2.20. The van der Waals surface area contributed by atoms with Crippen LogP contribution in [-0.4, -0.2) is 4.57 Å². The van der Waals surface area contributed by atoms with Crippen molar-refractivity contribution in [1.29, 1.82) is 0 Å². The third-order valence-corrected chi connectivity index (χ3v) is 3.99. The van der Waals surface area contributed by atoms with Gasteiger partial charge in [0.25, 0.3) is 0 Å². The standard InChI is InChI=1S/C18H15F3N2O/c1-9(22)17-16(10-5-12(20)7-13(21)6-10)18(24)14-8-11(19)3-4-15(14)23(17)2/h3-9H,22H2,1-2H3. The molecule has 3 aromatic rings. The molecule has 1 heterocycles. The first-order valence-corrected chi connectivity index (χ1v) is 7.33. The molecule has 2 N–H and O–H groups in total. The average molecular weight is 332 g/mol. The fraction of sp³-hybridized carbons (Fsp3) is 0.167. The van der Waals surface area contributed by atoms with E-state index in [1.165, 1.54) is 12.1 Å². The van der Waals surface area contributed by atoms with Gasteiger partial charge in [0.05, 0.1) is 11.1 Å². The van der Waals surface area contributed by atoms with Crippen LogP contribution in [0.15, 0.2) is 41.2 Å². The van der Waals surface area contributed by atoms with Crippen molar-refractivity contribution in [3.63, 3.8) is 0 Å². The minimum atomic E-state index is -0.804. The van der Waals surface area contributed by atoms with E-state index in [0.29, 0.717) is 11.2 Å². The molecule has 2 aromatic carbocycles. The summed E-state index contributed by atoms with van der Waals surface area (Å²) < 4.78 is 42.5. The first-order chi connectivity index (χ1) is 11.3. The summed E-state index contributed by atoms with van der Waals surface area (Å²) in [6, 6.07) is 6.12. The number of nitrogens with zero attached hydrogens (tertiary/aromatic N) is 1. The molecule has 0 aliphatic rings. The van der Waals surface area contributed by atoms with Crippen molar-refractivity contribution in [2.24, 2.45) is 12.8 Å². The second kappa shape index (κ2) is 5.79.